The lowest BCUT2D eigenvalue weighted by atomic mass is 9.87. The predicted octanol–water partition coefficient (Wildman–Crippen LogP) is 7.31. The van der Waals surface area contributed by atoms with Crippen molar-refractivity contribution in [1.29, 1.82) is 0 Å². The van der Waals surface area contributed by atoms with E-state index in [4.69, 9.17) is 8.83 Å². The first kappa shape index (κ1) is 22.0. The molecule has 0 bridgehead atoms. The molecule has 2 N–H and O–H groups in total. The number of phenolic OH excluding ortho intramolecular Hbond substituents is 2. The van der Waals surface area contributed by atoms with E-state index in [0.29, 0.717) is 33.3 Å². The van der Waals surface area contributed by atoms with Gasteiger partial charge in [0.05, 0.1) is 11.1 Å². The van der Waals surface area contributed by atoms with Crippen molar-refractivity contribution < 1.29 is 19.0 Å². The third-order valence-corrected chi connectivity index (χ3v) is 6.08. The minimum absolute atomic E-state index is 0.0313. The smallest absolute Gasteiger partial charge is 0.231 e. The van der Waals surface area contributed by atoms with E-state index in [-0.39, 0.29) is 34.1 Å². The topological polar surface area (TPSA) is 92.5 Å². The van der Waals surface area contributed by atoms with Crippen molar-refractivity contribution >= 4 is 22.2 Å². The summed E-state index contributed by atoms with van der Waals surface area (Å²) in [5.74, 6) is 0.279. The van der Waals surface area contributed by atoms with E-state index in [1.165, 1.54) is 12.1 Å². The van der Waals surface area contributed by atoms with Crippen LogP contribution in [0.25, 0.3) is 45.1 Å². The summed E-state index contributed by atoms with van der Waals surface area (Å²) in [5.41, 5.74) is 5.37. The molecule has 0 radical (unpaired) electrons. The zero-order valence-corrected chi connectivity index (χ0v) is 20.2. The highest BCUT2D eigenvalue weighted by Crippen LogP contribution is 2.41. The van der Waals surface area contributed by atoms with Gasteiger partial charge in [0.15, 0.2) is 11.2 Å². The van der Waals surface area contributed by atoms with Gasteiger partial charge in [-0.2, -0.15) is 0 Å². The number of nitrogens with zero attached hydrogens (tertiary/aromatic N) is 2. The van der Waals surface area contributed by atoms with Gasteiger partial charge < -0.3 is 19.0 Å². The molecule has 0 saturated heterocycles. The van der Waals surface area contributed by atoms with Crippen molar-refractivity contribution in [2.24, 2.45) is 0 Å². The van der Waals surface area contributed by atoms with Crippen molar-refractivity contribution in [3.63, 3.8) is 0 Å². The third kappa shape index (κ3) is 3.79. The van der Waals surface area contributed by atoms with E-state index in [2.05, 4.69) is 51.5 Å². The van der Waals surface area contributed by atoms with E-state index in [1.54, 1.807) is 0 Å². The van der Waals surface area contributed by atoms with Crippen molar-refractivity contribution in [3.05, 3.63) is 59.7 Å². The van der Waals surface area contributed by atoms with Crippen LogP contribution in [0.1, 0.15) is 52.7 Å². The summed E-state index contributed by atoms with van der Waals surface area (Å²) >= 11 is 0. The number of oxazole rings is 2. The van der Waals surface area contributed by atoms with Crippen LogP contribution in [0.4, 0.5) is 0 Å². The number of aromatic hydroxyl groups is 2. The number of fused-ring (bicyclic) bond motifs is 2. The van der Waals surface area contributed by atoms with Gasteiger partial charge in [0.25, 0.3) is 0 Å². The Morgan fingerprint density at radius 3 is 1.32 bits per heavy atom. The molecule has 2 heterocycles. The summed E-state index contributed by atoms with van der Waals surface area (Å²) < 4.78 is 11.9. The molecule has 5 aromatic rings. The lowest BCUT2D eigenvalue weighted by molar-refractivity contribution is 0.458. The van der Waals surface area contributed by atoms with E-state index >= 15 is 0 Å². The fourth-order valence-corrected chi connectivity index (χ4v) is 3.93. The molecule has 0 spiro atoms. The van der Waals surface area contributed by atoms with Crippen LogP contribution in [0, 0.1) is 0 Å². The maximum absolute atomic E-state index is 10.8. The number of hydrogen-bond donors (Lipinski definition) is 2. The average Bonchev–Trinajstić information content (AvgIpc) is 3.36. The van der Waals surface area contributed by atoms with E-state index < -0.39 is 0 Å². The molecule has 6 heteroatoms. The fraction of sp³-hybridized carbons (Fsp3) is 0.286. The molecule has 3 aromatic carbocycles. The second-order valence-electron chi connectivity index (χ2n) is 10.8. The highest BCUT2D eigenvalue weighted by atomic mass is 16.4. The third-order valence-electron chi connectivity index (χ3n) is 6.08. The van der Waals surface area contributed by atoms with Gasteiger partial charge >= 0.3 is 0 Å². The minimum atomic E-state index is -0.0898. The Hall–Kier alpha value is -3.80. The second kappa shape index (κ2) is 7.35. The van der Waals surface area contributed by atoms with Crippen LogP contribution in [-0.2, 0) is 10.8 Å². The summed E-state index contributed by atoms with van der Waals surface area (Å²) in [5, 5.41) is 21.6. The maximum Gasteiger partial charge on any atom is 0.231 e. The maximum atomic E-state index is 10.8. The van der Waals surface area contributed by atoms with Crippen LogP contribution >= 0.6 is 0 Å². The summed E-state index contributed by atoms with van der Waals surface area (Å²) in [7, 11) is 0. The van der Waals surface area contributed by atoms with Crippen molar-refractivity contribution in [2.75, 3.05) is 0 Å². The minimum Gasteiger partial charge on any atom is -0.507 e. The number of rotatable bonds is 2. The molecule has 0 aliphatic rings. The van der Waals surface area contributed by atoms with Gasteiger partial charge in [0, 0.05) is 0 Å². The molecule has 0 fully saturated rings. The SMILES string of the molecule is CC(C)(C)c1ccc2nc(-c3cc(O)c(-c4nc5ccc(C(C)(C)C)cc5o4)cc3O)oc2c1. The number of aromatic nitrogens is 2. The molecule has 0 aliphatic heterocycles. The number of phenols is 2. The van der Waals surface area contributed by atoms with Gasteiger partial charge in [-0.15, -0.1) is 0 Å². The Labute approximate surface area is 197 Å². The van der Waals surface area contributed by atoms with Crippen LogP contribution in [0.5, 0.6) is 11.5 Å². The van der Waals surface area contributed by atoms with Gasteiger partial charge in [-0.3, -0.25) is 0 Å². The Morgan fingerprint density at radius 2 is 0.971 bits per heavy atom. The summed E-state index contributed by atoms with van der Waals surface area (Å²) in [6.45, 7) is 12.8. The first-order valence-corrected chi connectivity index (χ1v) is 11.3. The summed E-state index contributed by atoms with van der Waals surface area (Å²) in [4.78, 5) is 9.00. The molecular weight excluding hydrogens is 428 g/mol. The zero-order chi connectivity index (χ0) is 24.4. The largest absolute Gasteiger partial charge is 0.507 e. The number of benzene rings is 3. The molecule has 5 rings (SSSR count). The fourth-order valence-electron chi connectivity index (χ4n) is 3.93. The molecule has 6 nitrogen and oxygen atoms in total. The average molecular weight is 457 g/mol. The lowest BCUT2D eigenvalue weighted by Crippen LogP contribution is -2.10. The van der Waals surface area contributed by atoms with Crippen LogP contribution in [0.2, 0.25) is 0 Å². The molecule has 0 amide bonds. The molecule has 0 atom stereocenters. The van der Waals surface area contributed by atoms with E-state index in [9.17, 15) is 10.2 Å². The quantitative estimate of drug-likeness (QED) is 0.271. The lowest BCUT2D eigenvalue weighted by Gasteiger charge is -2.18. The first-order valence-electron chi connectivity index (χ1n) is 11.3. The molecule has 2 aromatic heterocycles. The summed E-state index contributed by atoms with van der Waals surface area (Å²) in [6.07, 6.45) is 0. The molecule has 0 saturated carbocycles. The monoisotopic (exact) mass is 456 g/mol. The Balaban J connectivity index is 1.55. The van der Waals surface area contributed by atoms with Crippen molar-refractivity contribution in [2.45, 2.75) is 52.4 Å². The Kier molecular flexibility index (Phi) is 4.76. The molecule has 34 heavy (non-hydrogen) atoms. The van der Waals surface area contributed by atoms with Crippen LogP contribution in [0.3, 0.4) is 0 Å². The van der Waals surface area contributed by atoms with Crippen LogP contribution in [-0.4, -0.2) is 20.2 Å². The van der Waals surface area contributed by atoms with Gasteiger partial charge in [0.2, 0.25) is 11.8 Å². The van der Waals surface area contributed by atoms with E-state index in [0.717, 1.165) is 11.1 Å². The predicted molar refractivity (Wildman–Crippen MR) is 133 cm³/mol. The van der Waals surface area contributed by atoms with Gasteiger partial charge in [-0.1, -0.05) is 53.7 Å². The molecule has 0 unspecified atom stereocenters. The van der Waals surface area contributed by atoms with Gasteiger partial charge in [-0.05, 0) is 58.4 Å². The second-order valence-corrected chi connectivity index (χ2v) is 10.8. The van der Waals surface area contributed by atoms with Crippen LogP contribution in [0.15, 0.2) is 57.4 Å². The Bertz CT molecular complexity index is 1430. The highest BCUT2D eigenvalue weighted by Gasteiger charge is 2.22. The normalized spacial score (nSPS) is 12.6. The summed E-state index contributed by atoms with van der Waals surface area (Å²) in [6, 6.07) is 14.6. The van der Waals surface area contributed by atoms with Gasteiger partial charge in [-0.25, -0.2) is 9.97 Å². The molecular formula is C28H28N2O4. The van der Waals surface area contributed by atoms with Crippen LogP contribution < -0.4 is 0 Å². The standard InChI is InChI=1S/C28H28N2O4/c1-27(2,3)15-7-9-19-23(11-15)33-25(29-19)17-13-22(32)18(14-21(17)31)26-30-20-10-8-16(28(4,5)6)12-24(20)34-26/h7-14,31-32H,1-6H3. The van der Waals surface area contributed by atoms with Crippen molar-refractivity contribution in [3.8, 4) is 34.4 Å². The van der Waals surface area contributed by atoms with Crippen molar-refractivity contribution in [1.82, 2.24) is 9.97 Å². The van der Waals surface area contributed by atoms with E-state index in [1.807, 2.05) is 36.4 Å². The highest BCUT2D eigenvalue weighted by molar-refractivity contribution is 5.83. The Morgan fingerprint density at radius 1 is 0.588 bits per heavy atom. The first-order chi connectivity index (χ1) is 15.9. The molecule has 0 aliphatic carbocycles. The number of hydrogen-bond acceptors (Lipinski definition) is 6. The molecule has 174 valence electrons. The van der Waals surface area contributed by atoms with Gasteiger partial charge in [0.1, 0.15) is 22.5 Å². The zero-order valence-electron chi connectivity index (χ0n) is 20.2.